The summed E-state index contributed by atoms with van der Waals surface area (Å²) in [6.45, 7) is 1.23. The van der Waals surface area contributed by atoms with E-state index in [4.69, 9.17) is 10.5 Å². The molecule has 0 saturated carbocycles. The third-order valence-corrected chi connectivity index (χ3v) is 3.02. The van der Waals surface area contributed by atoms with Crippen LogP contribution in [0.25, 0.3) is 0 Å². The summed E-state index contributed by atoms with van der Waals surface area (Å²) >= 11 is 0. The summed E-state index contributed by atoms with van der Waals surface area (Å²) in [4.78, 5) is 13.7. The van der Waals surface area contributed by atoms with Crippen molar-refractivity contribution >= 4 is 11.6 Å². The minimum atomic E-state index is -0.506. The van der Waals surface area contributed by atoms with Crippen molar-refractivity contribution in [2.45, 2.75) is 12.5 Å². The average Bonchev–Trinajstić information content (AvgIpc) is 2.84. The van der Waals surface area contributed by atoms with Crippen molar-refractivity contribution in [2.75, 3.05) is 26.0 Å². The zero-order valence-corrected chi connectivity index (χ0v) is 9.65. The van der Waals surface area contributed by atoms with Gasteiger partial charge in [-0.3, -0.25) is 4.79 Å². The van der Waals surface area contributed by atoms with Crippen LogP contribution in [0.1, 0.15) is 16.8 Å². The number of carbonyl (C=O) groups excluding carboxylic acids is 1. The summed E-state index contributed by atoms with van der Waals surface area (Å²) in [5, 5.41) is 0. The van der Waals surface area contributed by atoms with E-state index in [0.717, 1.165) is 6.42 Å². The number of nitrogens with zero attached hydrogens (tertiary/aromatic N) is 1. The Labute approximate surface area is 99.2 Å². The number of amides is 1. The van der Waals surface area contributed by atoms with Crippen molar-refractivity contribution in [2.24, 2.45) is 0 Å². The molecule has 0 radical (unpaired) electrons. The first kappa shape index (κ1) is 11.9. The van der Waals surface area contributed by atoms with Gasteiger partial charge in [0, 0.05) is 19.2 Å². The Kier molecular flexibility index (Phi) is 3.28. The van der Waals surface area contributed by atoms with E-state index in [9.17, 15) is 9.18 Å². The molecule has 0 aliphatic carbocycles. The van der Waals surface area contributed by atoms with E-state index in [-0.39, 0.29) is 17.6 Å². The summed E-state index contributed by atoms with van der Waals surface area (Å²) in [5.41, 5.74) is 5.84. The Morgan fingerprint density at radius 1 is 1.59 bits per heavy atom. The van der Waals surface area contributed by atoms with Crippen molar-refractivity contribution < 1.29 is 13.9 Å². The van der Waals surface area contributed by atoms with E-state index >= 15 is 0 Å². The lowest BCUT2D eigenvalue weighted by Crippen LogP contribution is -2.37. The van der Waals surface area contributed by atoms with Crippen LogP contribution < -0.4 is 5.73 Å². The van der Waals surface area contributed by atoms with Gasteiger partial charge in [0.2, 0.25) is 0 Å². The molecule has 0 aromatic heterocycles. The third-order valence-electron chi connectivity index (χ3n) is 3.02. The highest BCUT2D eigenvalue weighted by molar-refractivity contribution is 5.95. The number of hydrogen-bond donors (Lipinski definition) is 1. The van der Waals surface area contributed by atoms with E-state index < -0.39 is 5.82 Å². The number of nitrogens with two attached hydrogens (primary N) is 1. The molecule has 1 aromatic carbocycles. The van der Waals surface area contributed by atoms with Gasteiger partial charge in [0.05, 0.1) is 18.3 Å². The first-order valence-electron chi connectivity index (χ1n) is 5.49. The van der Waals surface area contributed by atoms with E-state index in [2.05, 4.69) is 0 Å². The number of likely N-dealkylation sites (N-methyl/N-ethyl adjacent to an activating group) is 1. The molecule has 1 unspecified atom stereocenters. The van der Waals surface area contributed by atoms with Crippen molar-refractivity contribution in [1.82, 2.24) is 4.90 Å². The zero-order chi connectivity index (χ0) is 12.4. The van der Waals surface area contributed by atoms with Gasteiger partial charge in [-0.25, -0.2) is 4.39 Å². The number of carbonyl (C=O) groups is 1. The van der Waals surface area contributed by atoms with E-state index in [1.165, 1.54) is 18.2 Å². The monoisotopic (exact) mass is 238 g/mol. The number of anilines is 1. The Morgan fingerprint density at radius 2 is 2.35 bits per heavy atom. The van der Waals surface area contributed by atoms with Gasteiger partial charge in [0.1, 0.15) is 5.82 Å². The maximum Gasteiger partial charge on any atom is 0.254 e. The number of ether oxygens (including phenoxy) is 1. The molecule has 1 heterocycles. The van der Waals surface area contributed by atoms with Gasteiger partial charge in [0.25, 0.3) is 5.91 Å². The molecule has 1 amide bonds. The molecule has 2 rings (SSSR count). The van der Waals surface area contributed by atoms with Gasteiger partial charge in [-0.1, -0.05) is 0 Å². The molecule has 17 heavy (non-hydrogen) atoms. The number of rotatable bonds is 2. The lowest BCUT2D eigenvalue weighted by molar-refractivity contribution is 0.0711. The predicted molar refractivity (Wildman–Crippen MR) is 62.1 cm³/mol. The van der Waals surface area contributed by atoms with Crippen LogP contribution in [0.2, 0.25) is 0 Å². The normalized spacial score (nSPS) is 19.3. The highest BCUT2D eigenvalue weighted by Crippen LogP contribution is 2.17. The fraction of sp³-hybridized carbons (Fsp3) is 0.417. The Morgan fingerprint density at radius 3 is 2.94 bits per heavy atom. The van der Waals surface area contributed by atoms with Crippen molar-refractivity contribution in [3.8, 4) is 0 Å². The molecule has 1 aromatic rings. The van der Waals surface area contributed by atoms with Gasteiger partial charge < -0.3 is 15.4 Å². The topological polar surface area (TPSA) is 55.6 Å². The van der Waals surface area contributed by atoms with Gasteiger partial charge >= 0.3 is 0 Å². The van der Waals surface area contributed by atoms with Gasteiger partial charge in [0.15, 0.2) is 0 Å². The fourth-order valence-electron chi connectivity index (χ4n) is 1.87. The van der Waals surface area contributed by atoms with Crippen LogP contribution in [0, 0.1) is 5.82 Å². The molecule has 0 bridgehead atoms. The first-order chi connectivity index (χ1) is 8.09. The van der Waals surface area contributed by atoms with E-state index in [1.54, 1.807) is 11.9 Å². The molecule has 92 valence electrons. The molecule has 0 spiro atoms. The van der Waals surface area contributed by atoms with Gasteiger partial charge in [-0.2, -0.15) is 0 Å². The quantitative estimate of drug-likeness (QED) is 0.789. The predicted octanol–water partition coefficient (Wildman–Crippen LogP) is 1.27. The second-order valence-corrected chi connectivity index (χ2v) is 4.17. The smallest absolute Gasteiger partial charge is 0.254 e. The highest BCUT2D eigenvalue weighted by Gasteiger charge is 2.25. The van der Waals surface area contributed by atoms with Crippen molar-refractivity contribution in [1.29, 1.82) is 0 Å². The van der Waals surface area contributed by atoms with E-state index in [0.29, 0.717) is 18.8 Å². The third kappa shape index (κ3) is 2.39. The molecule has 2 N–H and O–H groups in total. The maximum absolute atomic E-state index is 13.0. The molecular formula is C12H15FN2O2. The highest BCUT2D eigenvalue weighted by atomic mass is 19.1. The Balaban J connectivity index is 2.15. The van der Waals surface area contributed by atoms with Gasteiger partial charge in [-0.05, 0) is 24.6 Å². The van der Waals surface area contributed by atoms with E-state index in [1.807, 2.05) is 0 Å². The van der Waals surface area contributed by atoms with Crippen molar-refractivity contribution in [3.63, 3.8) is 0 Å². The number of halogens is 1. The first-order valence-corrected chi connectivity index (χ1v) is 5.49. The van der Waals surface area contributed by atoms with Crippen LogP contribution in [0.3, 0.4) is 0 Å². The zero-order valence-electron chi connectivity index (χ0n) is 9.65. The molecule has 4 nitrogen and oxygen atoms in total. The number of benzene rings is 1. The molecule has 1 fully saturated rings. The van der Waals surface area contributed by atoms with Gasteiger partial charge in [-0.15, -0.1) is 0 Å². The standard InChI is InChI=1S/C12H15FN2O2/c1-15(9-4-5-17-7-9)12(16)8-2-3-10(13)11(14)6-8/h2-3,6,9H,4-5,7,14H2,1H3. The maximum atomic E-state index is 13.0. The summed E-state index contributed by atoms with van der Waals surface area (Å²) in [6, 6.07) is 4.11. The second kappa shape index (κ2) is 4.71. The Hall–Kier alpha value is -1.62. The largest absolute Gasteiger partial charge is 0.396 e. The second-order valence-electron chi connectivity index (χ2n) is 4.17. The van der Waals surface area contributed by atoms with Crippen LogP contribution in [0.5, 0.6) is 0 Å². The minimum Gasteiger partial charge on any atom is -0.396 e. The lowest BCUT2D eigenvalue weighted by atomic mass is 10.1. The molecular weight excluding hydrogens is 223 g/mol. The molecule has 1 aliphatic heterocycles. The minimum absolute atomic E-state index is 0.00748. The average molecular weight is 238 g/mol. The van der Waals surface area contributed by atoms with Crippen LogP contribution in [0.4, 0.5) is 10.1 Å². The SMILES string of the molecule is CN(C(=O)c1ccc(F)c(N)c1)C1CCOC1. The van der Waals surface area contributed by atoms with Crippen LogP contribution in [-0.2, 0) is 4.74 Å². The molecule has 5 heteroatoms. The number of hydrogen-bond acceptors (Lipinski definition) is 3. The summed E-state index contributed by atoms with van der Waals surface area (Å²) in [7, 11) is 1.72. The van der Waals surface area contributed by atoms with Crippen LogP contribution >= 0.6 is 0 Å². The van der Waals surface area contributed by atoms with Crippen LogP contribution in [-0.4, -0.2) is 37.1 Å². The molecule has 1 saturated heterocycles. The summed E-state index contributed by atoms with van der Waals surface area (Å²) in [6.07, 6.45) is 0.832. The molecule has 1 atom stereocenters. The number of nitrogen functional groups attached to an aromatic ring is 1. The molecule has 1 aliphatic rings. The van der Waals surface area contributed by atoms with Crippen LogP contribution in [0.15, 0.2) is 18.2 Å². The fourth-order valence-corrected chi connectivity index (χ4v) is 1.87. The lowest BCUT2D eigenvalue weighted by Gasteiger charge is -2.23. The summed E-state index contributed by atoms with van der Waals surface area (Å²) in [5.74, 6) is -0.666. The van der Waals surface area contributed by atoms with Crippen molar-refractivity contribution in [3.05, 3.63) is 29.6 Å². The Bertz CT molecular complexity index is 431. The summed E-state index contributed by atoms with van der Waals surface area (Å²) < 4.78 is 18.2.